The van der Waals surface area contributed by atoms with E-state index in [9.17, 15) is 13.6 Å². The molecule has 2 fully saturated rings. The molecule has 0 bridgehead atoms. The van der Waals surface area contributed by atoms with E-state index in [1.807, 2.05) is 0 Å². The van der Waals surface area contributed by atoms with Gasteiger partial charge in [-0.2, -0.15) is 0 Å². The lowest BCUT2D eigenvalue weighted by molar-refractivity contribution is -0.129. The maximum Gasteiger partial charge on any atom is 0.248 e. The van der Waals surface area contributed by atoms with E-state index in [1.54, 1.807) is 0 Å². The molecule has 2 aliphatic carbocycles. The van der Waals surface area contributed by atoms with Crippen molar-refractivity contribution in [3.05, 3.63) is 0 Å². The largest absolute Gasteiger partial charge is 0.353 e. The number of nitrogens with one attached hydrogen (secondary N) is 1. The molecule has 0 aromatic heterocycles. The molecule has 2 nitrogen and oxygen atoms in total. The van der Waals surface area contributed by atoms with Gasteiger partial charge < -0.3 is 5.32 Å². The zero-order valence-corrected chi connectivity index (χ0v) is 10.3. The van der Waals surface area contributed by atoms with Crippen LogP contribution in [0.1, 0.15) is 51.9 Å². The lowest BCUT2D eigenvalue weighted by Gasteiger charge is -2.28. The molecule has 0 aromatic rings. The van der Waals surface area contributed by atoms with Gasteiger partial charge >= 0.3 is 0 Å². The molecule has 0 heterocycles. The van der Waals surface area contributed by atoms with Gasteiger partial charge in [0.05, 0.1) is 0 Å². The number of halogens is 2. The maximum absolute atomic E-state index is 13.0. The average molecular weight is 245 g/mol. The fourth-order valence-electron chi connectivity index (χ4n) is 2.96. The molecule has 2 aliphatic rings. The first-order valence-corrected chi connectivity index (χ1v) is 6.64. The van der Waals surface area contributed by atoms with E-state index in [0.29, 0.717) is 18.8 Å². The highest BCUT2D eigenvalue weighted by Gasteiger charge is 2.38. The van der Waals surface area contributed by atoms with Crippen molar-refractivity contribution in [1.82, 2.24) is 5.32 Å². The molecule has 0 aromatic carbocycles. The fourth-order valence-corrected chi connectivity index (χ4v) is 2.96. The Morgan fingerprint density at radius 2 is 1.82 bits per heavy atom. The van der Waals surface area contributed by atoms with Crippen molar-refractivity contribution < 1.29 is 13.6 Å². The van der Waals surface area contributed by atoms with E-state index in [4.69, 9.17) is 0 Å². The Hall–Kier alpha value is -0.670. The number of hydrogen-bond acceptors (Lipinski definition) is 1. The number of carbonyl (C=O) groups excluding carboxylic acids is 1. The van der Waals surface area contributed by atoms with Crippen LogP contribution in [-0.4, -0.2) is 17.9 Å². The quantitative estimate of drug-likeness (QED) is 0.795. The topological polar surface area (TPSA) is 29.1 Å². The van der Waals surface area contributed by atoms with Gasteiger partial charge in [-0.15, -0.1) is 0 Å². The summed E-state index contributed by atoms with van der Waals surface area (Å²) in [6, 6.07) is 0.278. The van der Waals surface area contributed by atoms with Crippen LogP contribution in [0.15, 0.2) is 0 Å². The van der Waals surface area contributed by atoms with Crippen molar-refractivity contribution in [1.29, 1.82) is 0 Å². The summed E-state index contributed by atoms with van der Waals surface area (Å²) >= 11 is 0. The first-order chi connectivity index (χ1) is 7.96. The van der Waals surface area contributed by atoms with Gasteiger partial charge in [0.25, 0.3) is 0 Å². The number of amides is 1. The van der Waals surface area contributed by atoms with E-state index in [2.05, 4.69) is 12.2 Å². The molecule has 98 valence electrons. The third-order valence-electron chi connectivity index (χ3n) is 4.13. The second kappa shape index (κ2) is 4.91. The minimum atomic E-state index is -2.54. The van der Waals surface area contributed by atoms with E-state index >= 15 is 0 Å². The first-order valence-electron chi connectivity index (χ1n) is 6.64. The van der Waals surface area contributed by atoms with Crippen LogP contribution in [0.2, 0.25) is 0 Å². The lowest BCUT2D eigenvalue weighted by atomic mass is 9.86. The minimum Gasteiger partial charge on any atom is -0.353 e. The molecule has 4 heteroatoms. The van der Waals surface area contributed by atoms with Crippen molar-refractivity contribution in [3.8, 4) is 0 Å². The zero-order valence-electron chi connectivity index (χ0n) is 10.3. The molecular formula is C13H21F2NO. The second-order valence-corrected chi connectivity index (χ2v) is 5.75. The normalized spacial score (nSPS) is 33.6. The van der Waals surface area contributed by atoms with Crippen LogP contribution in [0.3, 0.4) is 0 Å². The molecule has 0 radical (unpaired) electrons. The summed E-state index contributed by atoms with van der Waals surface area (Å²) in [5.41, 5.74) is 0. The second-order valence-electron chi connectivity index (χ2n) is 5.75. The highest BCUT2D eigenvalue weighted by atomic mass is 19.3. The van der Waals surface area contributed by atoms with E-state index < -0.39 is 5.92 Å². The number of alkyl halides is 2. The van der Waals surface area contributed by atoms with Crippen LogP contribution < -0.4 is 5.32 Å². The van der Waals surface area contributed by atoms with Gasteiger partial charge in [0.1, 0.15) is 0 Å². The Labute approximate surface area is 101 Å². The van der Waals surface area contributed by atoms with Gasteiger partial charge in [-0.25, -0.2) is 8.78 Å². The van der Waals surface area contributed by atoms with Gasteiger partial charge in [-0.1, -0.05) is 6.92 Å². The molecule has 1 amide bonds. The number of rotatable bonds is 2. The van der Waals surface area contributed by atoms with Crippen molar-refractivity contribution >= 4 is 5.91 Å². The Morgan fingerprint density at radius 1 is 1.18 bits per heavy atom. The summed E-state index contributed by atoms with van der Waals surface area (Å²) in [5, 5.41) is 3.02. The Kier molecular flexibility index (Phi) is 3.69. The standard InChI is InChI=1S/C13H21F2NO/c1-9-2-3-11(8-9)16-12(17)10-4-6-13(14,15)7-5-10/h9-11H,2-8H2,1H3,(H,16,17). The highest BCUT2D eigenvalue weighted by molar-refractivity contribution is 5.79. The van der Waals surface area contributed by atoms with Gasteiger partial charge in [0.15, 0.2) is 0 Å². The maximum atomic E-state index is 13.0. The third kappa shape index (κ3) is 3.39. The van der Waals surface area contributed by atoms with Crippen LogP contribution in [0.4, 0.5) is 8.78 Å². The molecule has 2 saturated carbocycles. The summed E-state index contributed by atoms with van der Waals surface area (Å²) in [6.07, 6.45) is 3.64. The Bertz CT molecular complexity index is 283. The van der Waals surface area contributed by atoms with Crippen LogP contribution in [0.5, 0.6) is 0 Å². The van der Waals surface area contributed by atoms with Crippen molar-refractivity contribution in [2.24, 2.45) is 11.8 Å². The van der Waals surface area contributed by atoms with Crippen molar-refractivity contribution in [2.75, 3.05) is 0 Å². The fraction of sp³-hybridized carbons (Fsp3) is 0.923. The van der Waals surface area contributed by atoms with E-state index in [1.165, 1.54) is 0 Å². The smallest absolute Gasteiger partial charge is 0.248 e. The SMILES string of the molecule is CC1CCC(NC(=O)C2CCC(F)(F)CC2)C1. The lowest BCUT2D eigenvalue weighted by Crippen LogP contribution is -2.40. The Morgan fingerprint density at radius 3 is 2.35 bits per heavy atom. The monoisotopic (exact) mass is 245 g/mol. The highest BCUT2D eigenvalue weighted by Crippen LogP contribution is 2.36. The summed E-state index contributed by atoms with van der Waals surface area (Å²) in [6.45, 7) is 2.19. The molecule has 0 aliphatic heterocycles. The van der Waals surface area contributed by atoms with Crippen LogP contribution in [0.25, 0.3) is 0 Å². The number of carbonyl (C=O) groups is 1. The summed E-state index contributed by atoms with van der Waals surface area (Å²) in [4.78, 5) is 11.9. The van der Waals surface area contributed by atoms with Crippen LogP contribution in [-0.2, 0) is 4.79 Å². The molecule has 2 rings (SSSR count). The van der Waals surface area contributed by atoms with E-state index in [-0.39, 0.29) is 30.7 Å². The van der Waals surface area contributed by atoms with Crippen molar-refractivity contribution in [3.63, 3.8) is 0 Å². The molecule has 2 atom stereocenters. The number of hydrogen-bond donors (Lipinski definition) is 1. The Balaban J connectivity index is 1.77. The zero-order chi connectivity index (χ0) is 12.5. The van der Waals surface area contributed by atoms with Gasteiger partial charge in [-0.3, -0.25) is 4.79 Å². The molecular weight excluding hydrogens is 224 g/mol. The van der Waals surface area contributed by atoms with Gasteiger partial charge in [0, 0.05) is 24.8 Å². The van der Waals surface area contributed by atoms with Crippen LogP contribution >= 0.6 is 0 Å². The summed E-state index contributed by atoms with van der Waals surface area (Å²) in [5.74, 6) is -2.06. The van der Waals surface area contributed by atoms with E-state index in [0.717, 1.165) is 19.3 Å². The van der Waals surface area contributed by atoms with Crippen molar-refractivity contribution in [2.45, 2.75) is 63.8 Å². The minimum absolute atomic E-state index is 0.000370. The summed E-state index contributed by atoms with van der Waals surface area (Å²) in [7, 11) is 0. The predicted molar refractivity (Wildman–Crippen MR) is 61.9 cm³/mol. The van der Waals surface area contributed by atoms with Gasteiger partial charge in [-0.05, 0) is 38.0 Å². The third-order valence-corrected chi connectivity index (χ3v) is 4.13. The molecule has 2 unspecified atom stereocenters. The molecule has 0 spiro atoms. The molecule has 1 N–H and O–H groups in total. The average Bonchev–Trinajstić information content (AvgIpc) is 2.63. The molecule has 0 saturated heterocycles. The first kappa shape index (κ1) is 12.8. The molecule has 17 heavy (non-hydrogen) atoms. The predicted octanol–water partition coefficient (Wildman–Crippen LogP) is 3.12. The van der Waals surface area contributed by atoms with Gasteiger partial charge in [0.2, 0.25) is 11.8 Å². The van der Waals surface area contributed by atoms with Crippen LogP contribution in [0, 0.1) is 11.8 Å². The summed E-state index contributed by atoms with van der Waals surface area (Å²) < 4.78 is 25.9.